The minimum atomic E-state index is -0.00705. The Kier molecular flexibility index (Phi) is 4.41. The maximum Gasteiger partial charge on any atom is 0.176 e. The topological polar surface area (TPSA) is 60.1 Å². The molecule has 21 heavy (non-hydrogen) atoms. The highest BCUT2D eigenvalue weighted by Crippen LogP contribution is 2.29. The van der Waals surface area contributed by atoms with E-state index in [1.54, 1.807) is 6.07 Å². The van der Waals surface area contributed by atoms with Gasteiger partial charge in [-0.2, -0.15) is 0 Å². The lowest BCUT2D eigenvalue weighted by molar-refractivity contribution is 0.101. The maximum absolute atomic E-state index is 11.7. The molecule has 1 heterocycles. The number of benzene rings is 1. The highest BCUT2D eigenvalue weighted by atomic mass is 127. The maximum atomic E-state index is 11.7. The molecule has 0 fully saturated rings. The number of anilines is 2. The summed E-state index contributed by atoms with van der Waals surface area (Å²) in [5, 5.41) is 3.36. The van der Waals surface area contributed by atoms with Crippen molar-refractivity contribution in [3.8, 4) is 0 Å². The summed E-state index contributed by atoms with van der Waals surface area (Å²) in [6.45, 7) is 7.37. The van der Waals surface area contributed by atoms with Crippen LogP contribution in [0.2, 0.25) is 0 Å². The molecule has 0 aliphatic heterocycles. The number of aryl methyl sites for hydroxylation is 1. The molecule has 0 saturated heterocycles. The van der Waals surface area contributed by atoms with Gasteiger partial charge in [0.05, 0.1) is 5.69 Å². The lowest BCUT2D eigenvalue weighted by Crippen LogP contribution is -2.06. The zero-order valence-electron chi connectivity index (χ0n) is 12.3. The first-order chi connectivity index (χ1) is 9.81. The molecular formula is C16H18IN3O. The molecule has 2 rings (SSSR count). The van der Waals surface area contributed by atoms with Gasteiger partial charge in [0.25, 0.3) is 0 Å². The molecule has 0 radical (unpaired) electrons. The van der Waals surface area contributed by atoms with E-state index in [0.29, 0.717) is 11.4 Å². The number of halogens is 1. The van der Waals surface area contributed by atoms with E-state index in [2.05, 4.69) is 40.6 Å². The summed E-state index contributed by atoms with van der Waals surface area (Å²) in [6.07, 6.45) is 0. The SMILES string of the molecule is C=C(N)c1cc(C(C)=O)n(C)c1Nc1ccc(I)cc1C. The molecule has 1 aromatic heterocycles. The van der Waals surface area contributed by atoms with Crippen molar-refractivity contribution in [3.05, 3.63) is 51.2 Å². The van der Waals surface area contributed by atoms with Crippen LogP contribution in [0.15, 0.2) is 30.8 Å². The van der Waals surface area contributed by atoms with Crippen LogP contribution in [0.4, 0.5) is 11.5 Å². The van der Waals surface area contributed by atoms with E-state index in [4.69, 9.17) is 5.73 Å². The summed E-state index contributed by atoms with van der Waals surface area (Å²) >= 11 is 2.28. The number of carbonyl (C=O) groups is 1. The molecule has 0 atom stereocenters. The lowest BCUT2D eigenvalue weighted by Gasteiger charge is -2.14. The summed E-state index contributed by atoms with van der Waals surface area (Å²) < 4.78 is 2.99. The molecule has 0 amide bonds. The molecule has 1 aromatic carbocycles. The van der Waals surface area contributed by atoms with Gasteiger partial charge in [0.15, 0.2) is 5.78 Å². The van der Waals surface area contributed by atoms with Crippen LogP contribution in [-0.2, 0) is 7.05 Å². The molecule has 0 bridgehead atoms. The molecule has 4 nitrogen and oxygen atoms in total. The van der Waals surface area contributed by atoms with E-state index in [1.165, 1.54) is 10.5 Å². The van der Waals surface area contributed by atoms with Crippen LogP contribution < -0.4 is 11.1 Å². The van der Waals surface area contributed by atoms with E-state index >= 15 is 0 Å². The van der Waals surface area contributed by atoms with Crippen LogP contribution in [-0.4, -0.2) is 10.4 Å². The first-order valence-corrected chi connectivity index (χ1v) is 7.57. The first kappa shape index (κ1) is 15.6. The average molecular weight is 395 g/mol. The van der Waals surface area contributed by atoms with Crippen LogP contribution in [0.5, 0.6) is 0 Å². The van der Waals surface area contributed by atoms with Crippen LogP contribution in [0.25, 0.3) is 5.70 Å². The lowest BCUT2D eigenvalue weighted by atomic mass is 10.2. The molecule has 110 valence electrons. The third-order valence-corrected chi connectivity index (χ3v) is 4.05. The van der Waals surface area contributed by atoms with Gasteiger partial charge in [0, 0.05) is 34.5 Å². The first-order valence-electron chi connectivity index (χ1n) is 6.50. The minimum Gasteiger partial charge on any atom is -0.399 e. The van der Waals surface area contributed by atoms with E-state index in [-0.39, 0.29) is 5.78 Å². The van der Waals surface area contributed by atoms with Gasteiger partial charge in [0.1, 0.15) is 5.82 Å². The monoisotopic (exact) mass is 395 g/mol. The van der Waals surface area contributed by atoms with Crippen LogP contribution in [0.1, 0.15) is 28.5 Å². The number of ketones is 1. The summed E-state index contributed by atoms with van der Waals surface area (Å²) in [5.74, 6) is 0.768. The molecule has 0 unspecified atom stereocenters. The zero-order chi connectivity index (χ0) is 15.7. The number of rotatable bonds is 4. The van der Waals surface area contributed by atoms with E-state index in [1.807, 2.05) is 30.7 Å². The smallest absolute Gasteiger partial charge is 0.176 e. The van der Waals surface area contributed by atoms with Crippen molar-refractivity contribution in [1.82, 2.24) is 4.57 Å². The highest BCUT2D eigenvalue weighted by molar-refractivity contribution is 14.1. The summed E-state index contributed by atoms with van der Waals surface area (Å²) in [5.41, 5.74) is 9.74. The molecule has 5 heteroatoms. The normalized spacial score (nSPS) is 10.5. The molecular weight excluding hydrogens is 377 g/mol. The Morgan fingerprint density at radius 2 is 2.05 bits per heavy atom. The summed E-state index contributed by atoms with van der Waals surface area (Å²) in [4.78, 5) is 11.7. The van der Waals surface area contributed by atoms with Crippen molar-refractivity contribution in [3.63, 3.8) is 0 Å². The van der Waals surface area contributed by atoms with Gasteiger partial charge in [-0.1, -0.05) is 6.58 Å². The van der Waals surface area contributed by atoms with Gasteiger partial charge in [-0.3, -0.25) is 4.79 Å². The Morgan fingerprint density at radius 1 is 1.38 bits per heavy atom. The Hall–Kier alpha value is -1.76. The number of aromatic nitrogens is 1. The third-order valence-electron chi connectivity index (χ3n) is 3.38. The summed E-state index contributed by atoms with van der Waals surface area (Å²) in [6, 6.07) is 7.91. The second kappa shape index (κ2) is 5.93. The fraction of sp³-hybridized carbons (Fsp3) is 0.188. The number of nitrogens with two attached hydrogens (primary N) is 1. The number of Topliss-reactive ketones (excluding diaryl/α,β-unsaturated/α-hetero) is 1. The Labute approximate surface area is 138 Å². The molecule has 0 aliphatic carbocycles. The third kappa shape index (κ3) is 3.12. The van der Waals surface area contributed by atoms with E-state index < -0.39 is 0 Å². The Morgan fingerprint density at radius 3 is 2.57 bits per heavy atom. The quantitative estimate of drug-likeness (QED) is 0.612. The number of nitrogens with zero attached hydrogens (tertiary/aromatic N) is 1. The van der Waals surface area contributed by atoms with Crippen molar-refractivity contribution in [2.24, 2.45) is 12.8 Å². The zero-order valence-corrected chi connectivity index (χ0v) is 14.5. The summed E-state index contributed by atoms with van der Waals surface area (Å²) in [7, 11) is 1.84. The Balaban J connectivity index is 2.52. The van der Waals surface area contributed by atoms with Gasteiger partial charge in [-0.15, -0.1) is 0 Å². The fourth-order valence-corrected chi connectivity index (χ4v) is 2.88. The van der Waals surface area contributed by atoms with Crippen molar-refractivity contribution < 1.29 is 4.79 Å². The van der Waals surface area contributed by atoms with Crippen molar-refractivity contribution >= 4 is 45.6 Å². The number of nitrogens with one attached hydrogen (secondary N) is 1. The second-order valence-electron chi connectivity index (χ2n) is 5.02. The minimum absolute atomic E-state index is 0.00705. The largest absolute Gasteiger partial charge is 0.399 e. The van der Waals surface area contributed by atoms with Crippen LogP contribution >= 0.6 is 22.6 Å². The van der Waals surface area contributed by atoms with Crippen LogP contribution in [0, 0.1) is 10.5 Å². The number of hydrogen-bond acceptors (Lipinski definition) is 3. The predicted octanol–water partition coefficient (Wildman–Crippen LogP) is 3.81. The Bertz CT molecular complexity index is 731. The molecule has 0 aliphatic rings. The number of carbonyl (C=O) groups excluding carboxylic acids is 1. The van der Waals surface area contributed by atoms with Crippen molar-refractivity contribution in [1.29, 1.82) is 0 Å². The number of hydrogen-bond donors (Lipinski definition) is 2. The highest BCUT2D eigenvalue weighted by Gasteiger charge is 2.17. The van der Waals surface area contributed by atoms with Crippen LogP contribution in [0.3, 0.4) is 0 Å². The fourth-order valence-electron chi connectivity index (χ4n) is 2.23. The van der Waals surface area contributed by atoms with Gasteiger partial charge in [-0.05, 0) is 59.3 Å². The molecule has 0 saturated carbocycles. The van der Waals surface area contributed by atoms with Gasteiger partial charge >= 0.3 is 0 Å². The van der Waals surface area contributed by atoms with Gasteiger partial charge in [-0.25, -0.2) is 0 Å². The van der Waals surface area contributed by atoms with E-state index in [9.17, 15) is 4.79 Å². The van der Waals surface area contributed by atoms with Gasteiger partial charge in [0.2, 0.25) is 0 Å². The predicted molar refractivity (Wildman–Crippen MR) is 95.8 cm³/mol. The van der Waals surface area contributed by atoms with Crippen molar-refractivity contribution in [2.45, 2.75) is 13.8 Å². The van der Waals surface area contributed by atoms with Gasteiger partial charge < -0.3 is 15.6 Å². The second-order valence-corrected chi connectivity index (χ2v) is 6.26. The molecule has 3 N–H and O–H groups in total. The van der Waals surface area contributed by atoms with E-state index in [0.717, 1.165) is 22.6 Å². The average Bonchev–Trinajstić information content (AvgIpc) is 2.70. The molecule has 0 spiro atoms. The standard InChI is InChI=1S/C16H18IN3O/c1-9-7-12(17)5-6-14(9)19-16-13(10(2)18)8-15(11(3)21)20(16)4/h5-8,19H,2,18H2,1,3-4H3. The van der Waals surface area contributed by atoms with Crippen molar-refractivity contribution in [2.75, 3.05) is 5.32 Å². The molecule has 2 aromatic rings.